The number of rotatable bonds is 5. The van der Waals surface area contributed by atoms with Gasteiger partial charge in [-0.1, -0.05) is 42.5 Å². The molecule has 1 unspecified atom stereocenters. The van der Waals surface area contributed by atoms with E-state index in [2.05, 4.69) is 0 Å². The second kappa shape index (κ2) is 7.71. The van der Waals surface area contributed by atoms with E-state index >= 15 is 0 Å². The first-order valence-corrected chi connectivity index (χ1v) is 8.18. The number of esters is 1. The molecule has 128 valence electrons. The van der Waals surface area contributed by atoms with Gasteiger partial charge in [0, 0.05) is 11.5 Å². The summed E-state index contributed by atoms with van der Waals surface area (Å²) in [6.45, 7) is 2.11. The van der Waals surface area contributed by atoms with Gasteiger partial charge in [0.1, 0.15) is 17.8 Å². The predicted molar refractivity (Wildman–Crippen MR) is 96.0 cm³/mol. The van der Waals surface area contributed by atoms with E-state index < -0.39 is 0 Å². The molecule has 1 atom stereocenters. The molecule has 0 radical (unpaired) electrons. The highest BCUT2D eigenvalue weighted by Crippen LogP contribution is 2.35. The Hall–Kier alpha value is -3.01. The van der Waals surface area contributed by atoms with Crippen LogP contribution in [0.1, 0.15) is 24.0 Å². The first-order valence-electron chi connectivity index (χ1n) is 8.18. The maximum Gasteiger partial charge on any atom is 0.338 e. The number of allylic oxidation sites excluding steroid dienone is 1. The van der Waals surface area contributed by atoms with E-state index in [0.29, 0.717) is 12.2 Å². The number of ether oxygens (including phenoxy) is 3. The second-order valence-electron chi connectivity index (χ2n) is 5.56. The van der Waals surface area contributed by atoms with Crippen LogP contribution in [0.4, 0.5) is 0 Å². The topological polar surface area (TPSA) is 44.8 Å². The fourth-order valence-corrected chi connectivity index (χ4v) is 2.72. The molecule has 0 aliphatic carbocycles. The third-order valence-corrected chi connectivity index (χ3v) is 4.01. The van der Waals surface area contributed by atoms with Crippen LogP contribution in [-0.4, -0.2) is 19.7 Å². The van der Waals surface area contributed by atoms with Gasteiger partial charge in [0.15, 0.2) is 0 Å². The van der Waals surface area contributed by atoms with E-state index in [1.807, 2.05) is 60.7 Å². The summed E-state index contributed by atoms with van der Waals surface area (Å²) in [5, 5.41) is 0. The van der Waals surface area contributed by atoms with E-state index in [1.54, 1.807) is 14.0 Å². The van der Waals surface area contributed by atoms with Crippen molar-refractivity contribution in [2.45, 2.75) is 12.8 Å². The van der Waals surface area contributed by atoms with Crippen molar-refractivity contribution in [1.82, 2.24) is 0 Å². The zero-order chi connectivity index (χ0) is 17.6. The molecule has 2 aromatic carbocycles. The minimum atomic E-state index is -0.369. The van der Waals surface area contributed by atoms with Crippen molar-refractivity contribution >= 4 is 11.7 Å². The second-order valence-corrected chi connectivity index (χ2v) is 5.56. The minimum Gasteiger partial charge on any atom is -0.497 e. The van der Waals surface area contributed by atoms with Gasteiger partial charge >= 0.3 is 5.97 Å². The third-order valence-electron chi connectivity index (χ3n) is 4.01. The smallest absolute Gasteiger partial charge is 0.338 e. The molecule has 4 heteroatoms. The lowest BCUT2D eigenvalue weighted by Crippen LogP contribution is -2.17. The van der Waals surface area contributed by atoms with Crippen LogP contribution in [0.5, 0.6) is 5.75 Å². The lowest BCUT2D eigenvalue weighted by molar-refractivity contribution is -0.138. The predicted octanol–water partition coefficient (Wildman–Crippen LogP) is 4.30. The zero-order valence-electron chi connectivity index (χ0n) is 14.3. The van der Waals surface area contributed by atoms with E-state index in [1.165, 1.54) is 6.26 Å². The van der Waals surface area contributed by atoms with Crippen molar-refractivity contribution in [3.63, 3.8) is 0 Å². The molecule has 0 amide bonds. The molecule has 2 aromatic rings. The molecule has 0 fully saturated rings. The maximum absolute atomic E-state index is 12.3. The summed E-state index contributed by atoms with van der Waals surface area (Å²) in [6, 6.07) is 17.4. The monoisotopic (exact) mass is 336 g/mol. The van der Waals surface area contributed by atoms with Crippen molar-refractivity contribution in [3.8, 4) is 5.75 Å². The Morgan fingerprint density at radius 2 is 1.80 bits per heavy atom. The van der Waals surface area contributed by atoms with E-state index in [-0.39, 0.29) is 11.9 Å². The van der Waals surface area contributed by atoms with Crippen LogP contribution in [0.3, 0.4) is 0 Å². The van der Waals surface area contributed by atoms with Crippen molar-refractivity contribution in [2.75, 3.05) is 13.7 Å². The number of carbonyl (C=O) groups is 1. The lowest BCUT2D eigenvalue weighted by atomic mass is 9.89. The van der Waals surface area contributed by atoms with Crippen LogP contribution in [-0.2, 0) is 14.3 Å². The van der Waals surface area contributed by atoms with Crippen LogP contribution < -0.4 is 4.74 Å². The van der Waals surface area contributed by atoms with Gasteiger partial charge in [0.25, 0.3) is 0 Å². The highest BCUT2D eigenvalue weighted by atomic mass is 16.5. The molecule has 0 N–H and O–H groups in total. The molecule has 1 aliphatic rings. The lowest BCUT2D eigenvalue weighted by Gasteiger charge is -2.23. The Morgan fingerprint density at radius 1 is 1.08 bits per heavy atom. The summed E-state index contributed by atoms with van der Waals surface area (Å²) in [7, 11) is 1.63. The first-order chi connectivity index (χ1) is 12.2. The Kier molecular flexibility index (Phi) is 5.19. The maximum atomic E-state index is 12.3. The fraction of sp³-hybridized carbons (Fsp3) is 0.190. The molecule has 25 heavy (non-hydrogen) atoms. The van der Waals surface area contributed by atoms with Gasteiger partial charge in [-0.2, -0.15) is 0 Å². The normalized spacial score (nSPS) is 16.3. The SMILES string of the molecule is CCOC(=O)C1=COC(c2ccccc2)=CC1c1ccc(OC)cc1. The van der Waals surface area contributed by atoms with Crippen molar-refractivity contribution in [3.05, 3.63) is 83.6 Å². The van der Waals surface area contributed by atoms with Gasteiger partial charge < -0.3 is 14.2 Å². The summed E-state index contributed by atoms with van der Waals surface area (Å²) in [5.74, 6) is 0.875. The number of hydrogen-bond donors (Lipinski definition) is 0. The van der Waals surface area contributed by atoms with Crippen LogP contribution in [0.15, 0.2) is 72.5 Å². The average molecular weight is 336 g/mol. The highest BCUT2D eigenvalue weighted by Gasteiger charge is 2.27. The van der Waals surface area contributed by atoms with Gasteiger partial charge in [-0.25, -0.2) is 4.79 Å². The molecule has 0 spiro atoms. The summed E-state index contributed by atoms with van der Waals surface area (Å²) in [4.78, 5) is 12.3. The average Bonchev–Trinajstić information content (AvgIpc) is 2.68. The molecule has 3 rings (SSSR count). The molecule has 0 aromatic heterocycles. The molecule has 0 bridgehead atoms. The minimum absolute atomic E-state index is 0.242. The number of hydrogen-bond acceptors (Lipinski definition) is 4. The molecule has 4 nitrogen and oxygen atoms in total. The Balaban J connectivity index is 1.98. The van der Waals surface area contributed by atoms with Gasteiger partial charge in [-0.3, -0.25) is 0 Å². The Bertz CT molecular complexity index is 788. The van der Waals surface area contributed by atoms with Gasteiger partial charge in [-0.05, 0) is 30.7 Å². The van der Waals surface area contributed by atoms with Crippen LogP contribution in [0.25, 0.3) is 5.76 Å². The van der Waals surface area contributed by atoms with Crippen LogP contribution >= 0.6 is 0 Å². The standard InChI is InChI=1S/C21H20O4/c1-3-24-21(22)19-14-25-20(16-7-5-4-6-8-16)13-18(19)15-9-11-17(23-2)12-10-15/h4-14,18H,3H2,1-2H3. The van der Waals surface area contributed by atoms with Crippen molar-refractivity contribution < 1.29 is 19.0 Å². The van der Waals surface area contributed by atoms with E-state index in [4.69, 9.17) is 14.2 Å². The quantitative estimate of drug-likeness (QED) is 0.764. The van der Waals surface area contributed by atoms with Gasteiger partial charge in [0.05, 0.1) is 19.3 Å². The van der Waals surface area contributed by atoms with E-state index in [9.17, 15) is 4.79 Å². The van der Waals surface area contributed by atoms with Crippen LogP contribution in [0, 0.1) is 0 Å². The molecule has 1 aliphatic heterocycles. The van der Waals surface area contributed by atoms with Crippen molar-refractivity contribution in [1.29, 1.82) is 0 Å². The Labute approximate surface area is 147 Å². The summed E-state index contributed by atoms with van der Waals surface area (Å²) in [6.07, 6.45) is 3.44. The third kappa shape index (κ3) is 3.74. The zero-order valence-corrected chi connectivity index (χ0v) is 14.3. The number of methoxy groups -OCH3 is 1. The fourth-order valence-electron chi connectivity index (χ4n) is 2.72. The summed E-state index contributed by atoms with van der Waals surface area (Å²) in [5.41, 5.74) is 2.41. The largest absolute Gasteiger partial charge is 0.497 e. The Morgan fingerprint density at radius 3 is 2.44 bits per heavy atom. The molecule has 0 saturated carbocycles. The molecular weight excluding hydrogens is 316 g/mol. The molecule has 1 heterocycles. The number of carbonyl (C=O) groups excluding carboxylic acids is 1. The first kappa shape index (κ1) is 16.8. The van der Waals surface area contributed by atoms with Crippen LogP contribution in [0.2, 0.25) is 0 Å². The number of benzene rings is 2. The molecular formula is C21H20O4. The summed E-state index contributed by atoms with van der Waals surface area (Å²) < 4.78 is 16.1. The van der Waals surface area contributed by atoms with Gasteiger partial charge in [-0.15, -0.1) is 0 Å². The van der Waals surface area contributed by atoms with Crippen molar-refractivity contribution in [2.24, 2.45) is 0 Å². The van der Waals surface area contributed by atoms with Gasteiger partial charge in [0.2, 0.25) is 0 Å². The van der Waals surface area contributed by atoms with E-state index in [0.717, 1.165) is 22.6 Å². The summed E-state index contributed by atoms with van der Waals surface area (Å²) >= 11 is 0. The highest BCUT2D eigenvalue weighted by molar-refractivity contribution is 5.92. The molecule has 0 saturated heterocycles.